The number of amides is 1. The van der Waals surface area contributed by atoms with E-state index in [1.165, 1.54) is 27.8 Å². The molecule has 122 valence electrons. The van der Waals surface area contributed by atoms with E-state index >= 15 is 0 Å². The standard InChI is InChI=1S/C16H18N4OS.ClH/c1-10-3-2-4-12-15(10)11(8-19-12)5-6-18-16(21)13-9-22-14(7-17)20-13;/h2-4,8-9,19H,5-7,17H2,1H3,(H,18,21);1H. The first-order valence-corrected chi connectivity index (χ1v) is 8.05. The van der Waals surface area contributed by atoms with Crippen LogP contribution in [0.15, 0.2) is 29.8 Å². The Morgan fingerprint density at radius 3 is 3.00 bits per heavy atom. The van der Waals surface area contributed by atoms with Gasteiger partial charge >= 0.3 is 0 Å². The molecule has 0 saturated carbocycles. The van der Waals surface area contributed by atoms with Crippen LogP contribution in [-0.4, -0.2) is 22.4 Å². The molecular formula is C16H19ClN4OS. The highest BCUT2D eigenvalue weighted by molar-refractivity contribution is 7.09. The Balaban J connectivity index is 0.00000192. The molecule has 0 spiro atoms. The van der Waals surface area contributed by atoms with Gasteiger partial charge in [0.1, 0.15) is 10.7 Å². The molecule has 3 rings (SSSR count). The fourth-order valence-corrected chi connectivity index (χ4v) is 3.21. The van der Waals surface area contributed by atoms with Gasteiger partial charge in [-0.15, -0.1) is 23.7 Å². The third-order valence-electron chi connectivity index (χ3n) is 3.63. The maximum atomic E-state index is 12.0. The molecule has 0 radical (unpaired) electrons. The third kappa shape index (κ3) is 3.72. The van der Waals surface area contributed by atoms with Gasteiger partial charge in [-0.25, -0.2) is 4.98 Å². The number of fused-ring (bicyclic) bond motifs is 1. The summed E-state index contributed by atoms with van der Waals surface area (Å²) in [5, 5.41) is 6.67. The lowest BCUT2D eigenvalue weighted by atomic mass is 10.1. The largest absolute Gasteiger partial charge is 0.361 e. The lowest BCUT2D eigenvalue weighted by molar-refractivity contribution is 0.0949. The van der Waals surface area contributed by atoms with Gasteiger partial charge in [-0.2, -0.15) is 0 Å². The van der Waals surface area contributed by atoms with E-state index in [2.05, 4.69) is 34.3 Å². The number of carbonyl (C=O) groups excluding carboxylic acids is 1. The molecule has 0 saturated heterocycles. The van der Waals surface area contributed by atoms with E-state index < -0.39 is 0 Å². The number of nitrogens with zero attached hydrogens (tertiary/aromatic N) is 1. The summed E-state index contributed by atoms with van der Waals surface area (Å²) in [5.74, 6) is -0.146. The van der Waals surface area contributed by atoms with Gasteiger partial charge in [0.25, 0.3) is 5.91 Å². The van der Waals surface area contributed by atoms with Crippen LogP contribution >= 0.6 is 23.7 Å². The number of rotatable bonds is 5. The van der Waals surface area contributed by atoms with Crippen molar-refractivity contribution in [1.29, 1.82) is 0 Å². The van der Waals surface area contributed by atoms with Gasteiger partial charge < -0.3 is 16.0 Å². The normalized spacial score (nSPS) is 10.5. The molecule has 3 aromatic rings. The van der Waals surface area contributed by atoms with Crippen molar-refractivity contribution in [2.75, 3.05) is 6.54 Å². The van der Waals surface area contributed by atoms with Gasteiger partial charge in [-0.3, -0.25) is 4.79 Å². The molecule has 2 aromatic heterocycles. The lowest BCUT2D eigenvalue weighted by Crippen LogP contribution is -2.26. The van der Waals surface area contributed by atoms with Crippen molar-refractivity contribution in [3.05, 3.63) is 51.6 Å². The summed E-state index contributed by atoms with van der Waals surface area (Å²) in [4.78, 5) is 19.5. The van der Waals surface area contributed by atoms with Crippen molar-refractivity contribution < 1.29 is 4.79 Å². The highest BCUT2D eigenvalue weighted by Gasteiger charge is 2.10. The zero-order chi connectivity index (χ0) is 15.5. The first-order chi connectivity index (χ1) is 10.7. The number of H-pyrrole nitrogens is 1. The van der Waals surface area contributed by atoms with Gasteiger partial charge in [0, 0.05) is 35.6 Å². The van der Waals surface area contributed by atoms with Gasteiger partial charge in [0.2, 0.25) is 0 Å². The summed E-state index contributed by atoms with van der Waals surface area (Å²) in [6, 6.07) is 6.20. The Bertz CT molecular complexity index is 811. The number of aromatic nitrogens is 2. The second-order valence-electron chi connectivity index (χ2n) is 5.15. The van der Waals surface area contributed by atoms with Crippen LogP contribution in [-0.2, 0) is 13.0 Å². The number of benzene rings is 1. The monoisotopic (exact) mass is 350 g/mol. The molecule has 0 aliphatic carbocycles. The van der Waals surface area contributed by atoms with Crippen molar-refractivity contribution in [2.45, 2.75) is 19.9 Å². The van der Waals surface area contributed by atoms with Gasteiger partial charge in [-0.1, -0.05) is 12.1 Å². The second kappa shape index (κ2) is 7.59. The number of carbonyl (C=O) groups is 1. The van der Waals surface area contributed by atoms with Crippen molar-refractivity contribution in [1.82, 2.24) is 15.3 Å². The zero-order valence-corrected chi connectivity index (χ0v) is 14.4. The number of hydrogen-bond donors (Lipinski definition) is 3. The predicted octanol–water partition coefficient (Wildman–Crippen LogP) is 2.79. The number of hydrogen-bond acceptors (Lipinski definition) is 4. The molecule has 2 heterocycles. The van der Waals surface area contributed by atoms with Crippen molar-refractivity contribution >= 4 is 40.6 Å². The number of halogens is 1. The van der Waals surface area contributed by atoms with E-state index in [4.69, 9.17) is 5.73 Å². The minimum absolute atomic E-state index is 0. The summed E-state index contributed by atoms with van der Waals surface area (Å²) in [6.07, 6.45) is 2.80. The topological polar surface area (TPSA) is 83.8 Å². The fraction of sp³-hybridized carbons (Fsp3) is 0.250. The number of aryl methyl sites for hydroxylation is 1. The maximum absolute atomic E-state index is 12.0. The van der Waals surface area contributed by atoms with Crippen molar-refractivity contribution in [3.63, 3.8) is 0 Å². The second-order valence-corrected chi connectivity index (χ2v) is 6.09. The summed E-state index contributed by atoms with van der Waals surface area (Å²) in [7, 11) is 0. The average molecular weight is 351 g/mol. The van der Waals surface area contributed by atoms with Crippen LogP contribution in [0.25, 0.3) is 10.9 Å². The molecule has 23 heavy (non-hydrogen) atoms. The summed E-state index contributed by atoms with van der Waals surface area (Å²) in [6.45, 7) is 3.05. The highest BCUT2D eigenvalue weighted by atomic mass is 35.5. The first-order valence-electron chi connectivity index (χ1n) is 7.17. The number of nitrogens with two attached hydrogens (primary N) is 1. The Kier molecular flexibility index (Phi) is 5.76. The van der Waals surface area contributed by atoms with Crippen LogP contribution in [0.4, 0.5) is 0 Å². The Hall–Kier alpha value is -1.89. The van der Waals surface area contributed by atoms with Crippen LogP contribution in [0.5, 0.6) is 0 Å². The van der Waals surface area contributed by atoms with Gasteiger partial charge in [0.05, 0.1) is 0 Å². The van der Waals surface area contributed by atoms with Crippen LogP contribution in [0.1, 0.15) is 26.6 Å². The van der Waals surface area contributed by atoms with E-state index in [0.717, 1.165) is 16.9 Å². The predicted molar refractivity (Wildman–Crippen MR) is 96.3 cm³/mol. The van der Waals surface area contributed by atoms with Crippen LogP contribution in [0.3, 0.4) is 0 Å². The van der Waals surface area contributed by atoms with Crippen LogP contribution in [0.2, 0.25) is 0 Å². The van der Waals surface area contributed by atoms with Crippen LogP contribution in [0, 0.1) is 6.92 Å². The molecule has 7 heteroatoms. The van der Waals surface area contributed by atoms with Gasteiger partial charge in [-0.05, 0) is 30.5 Å². The van der Waals surface area contributed by atoms with E-state index in [9.17, 15) is 4.79 Å². The highest BCUT2D eigenvalue weighted by Crippen LogP contribution is 2.22. The summed E-state index contributed by atoms with van der Waals surface area (Å²) < 4.78 is 0. The molecule has 1 amide bonds. The Morgan fingerprint density at radius 2 is 2.26 bits per heavy atom. The number of aromatic amines is 1. The maximum Gasteiger partial charge on any atom is 0.270 e. The SMILES string of the molecule is Cc1cccc2[nH]cc(CCNC(=O)c3csc(CN)n3)c12.Cl. The Labute approximate surface area is 144 Å². The third-order valence-corrected chi connectivity index (χ3v) is 4.51. The van der Waals surface area contributed by atoms with E-state index in [0.29, 0.717) is 18.8 Å². The molecule has 1 aromatic carbocycles. The number of thiazole rings is 1. The lowest BCUT2D eigenvalue weighted by Gasteiger charge is -2.04. The van der Waals surface area contributed by atoms with Crippen LogP contribution < -0.4 is 11.1 Å². The average Bonchev–Trinajstić information content (AvgIpc) is 3.14. The minimum Gasteiger partial charge on any atom is -0.361 e. The van der Waals surface area contributed by atoms with Crippen molar-refractivity contribution in [2.24, 2.45) is 5.73 Å². The first kappa shape index (κ1) is 17.5. The fourth-order valence-electron chi connectivity index (χ4n) is 2.56. The molecular weight excluding hydrogens is 332 g/mol. The molecule has 0 bridgehead atoms. The summed E-state index contributed by atoms with van der Waals surface area (Å²) in [5.41, 5.74) is 9.54. The van der Waals surface area contributed by atoms with E-state index in [1.807, 2.05) is 12.3 Å². The molecule has 0 aliphatic rings. The molecule has 0 aliphatic heterocycles. The quantitative estimate of drug-likeness (QED) is 0.661. The molecule has 4 N–H and O–H groups in total. The molecule has 0 atom stereocenters. The minimum atomic E-state index is -0.146. The Morgan fingerprint density at radius 1 is 1.43 bits per heavy atom. The number of nitrogens with one attached hydrogen (secondary N) is 2. The smallest absolute Gasteiger partial charge is 0.270 e. The van der Waals surface area contributed by atoms with E-state index in [1.54, 1.807) is 5.38 Å². The molecule has 0 fully saturated rings. The van der Waals surface area contributed by atoms with Crippen molar-refractivity contribution in [3.8, 4) is 0 Å². The summed E-state index contributed by atoms with van der Waals surface area (Å²) >= 11 is 1.41. The zero-order valence-electron chi connectivity index (χ0n) is 12.8. The van der Waals surface area contributed by atoms with Gasteiger partial charge in [0.15, 0.2) is 0 Å². The molecule has 0 unspecified atom stereocenters. The van der Waals surface area contributed by atoms with E-state index in [-0.39, 0.29) is 18.3 Å². The molecule has 5 nitrogen and oxygen atoms in total.